The van der Waals surface area contributed by atoms with Crippen LogP contribution in [0.5, 0.6) is 11.5 Å². The molecule has 5 rings (SSSR count). The highest BCUT2D eigenvalue weighted by atomic mass is 19.1. The fraction of sp³-hybridized carbons (Fsp3) is 0.355. The van der Waals surface area contributed by atoms with Crippen LogP contribution in [0.4, 0.5) is 4.39 Å². The molecule has 1 heterocycles. The minimum atomic E-state index is -0.200. The van der Waals surface area contributed by atoms with Crippen LogP contribution in [0, 0.1) is 11.7 Å². The van der Waals surface area contributed by atoms with Gasteiger partial charge in [-0.3, -0.25) is 4.90 Å². The van der Waals surface area contributed by atoms with Crippen LogP contribution in [0.3, 0.4) is 0 Å². The normalized spacial score (nSPS) is 18.0. The first kappa shape index (κ1) is 23.6. The number of benzene rings is 3. The molecular formula is C31H34FNO2. The lowest BCUT2D eigenvalue weighted by atomic mass is 9.77. The minimum absolute atomic E-state index is 0.200. The summed E-state index contributed by atoms with van der Waals surface area (Å²) in [4.78, 5) is 2.49. The van der Waals surface area contributed by atoms with Crippen molar-refractivity contribution in [2.24, 2.45) is 5.92 Å². The number of ether oxygens (including phenoxy) is 2. The molecule has 0 bridgehead atoms. The van der Waals surface area contributed by atoms with Crippen molar-refractivity contribution in [2.45, 2.75) is 32.1 Å². The van der Waals surface area contributed by atoms with Gasteiger partial charge in [0.1, 0.15) is 23.9 Å². The van der Waals surface area contributed by atoms with Crippen LogP contribution >= 0.6 is 0 Å². The Morgan fingerprint density at radius 1 is 0.914 bits per heavy atom. The number of halogens is 1. The highest BCUT2D eigenvalue weighted by molar-refractivity contribution is 5.86. The van der Waals surface area contributed by atoms with E-state index < -0.39 is 0 Å². The van der Waals surface area contributed by atoms with Crippen LogP contribution in [0.15, 0.2) is 66.7 Å². The van der Waals surface area contributed by atoms with Gasteiger partial charge in [-0.15, -0.1) is 0 Å². The van der Waals surface area contributed by atoms with Gasteiger partial charge in [0.05, 0.1) is 7.11 Å². The third-order valence-corrected chi connectivity index (χ3v) is 7.26. The summed E-state index contributed by atoms with van der Waals surface area (Å²) in [5.74, 6) is 1.84. The quantitative estimate of drug-likeness (QED) is 0.367. The van der Waals surface area contributed by atoms with E-state index in [0.29, 0.717) is 0 Å². The van der Waals surface area contributed by atoms with Crippen molar-refractivity contribution in [1.29, 1.82) is 0 Å². The van der Waals surface area contributed by atoms with Crippen LogP contribution in [-0.2, 0) is 12.8 Å². The molecule has 3 nitrogen and oxygen atoms in total. The maximum Gasteiger partial charge on any atom is 0.123 e. The number of hydrogen-bond donors (Lipinski definition) is 0. The number of methoxy groups -OCH3 is 1. The van der Waals surface area contributed by atoms with E-state index in [1.807, 2.05) is 12.1 Å². The summed E-state index contributed by atoms with van der Waals surface area (Å²) in [5.41, 5.74) is 5.84. The second-order valence-electron chi connectivity index (χ2n) is 9.67. The van der Waals surface area contributed by atoms with Crippen molar-refractivity contribution in [3.63, 3.8) is 0 Å². The number of nitrogens with zero attached hydrogens (tertiary/aromatic N) is 1. The molecule has 1 saturated heterocycles. The summed E-state index contributed by atoms with van der Waals surface area (Å²) >= 11 is 0. The summed E-state index contributed by atoms with van der Waals surface area (Å²) in [7, 11) is 1.70. The van der Waals surface area contributed by atoms with E-state index in [0.717, 1.165) is 43.1 Å². The molecule has 1 unspecified atom stereocenters. The Hall–Kier alpha value is -3.11. The van der Waals surface area contributed by atoms with Crippen molar-refractivity contribution in [3.8, 4) is 11.5 Å². The molecule has 0 aromatic heterocycles. The Balaban J connectivity index is 1.30. The van der Waals surface area contributed by atoms with E-state index in [9.17, 15) is 4.39 Å². The van der Waals surface area contributed by atoms with Gasteiger partial charge >= 0.3 is 0 Å². The van der Waals surface area contributed by atoms with E-state index >= 15 is 0 Å². The molecule has 1 atom stereocenters. The Labute approximate surface area is 208 Å². The molecule has 1 aliphatic heterocycles. The maximum atomic E-state index is 14.1. The number of allylic oxidation sites excluding steroid dienone is 1. The molecule has 0 N–H and O–H groups in total. The molecule has 182 valence electrons. The highest BCUT2D eigenvalue weighted by Crippen LogP contribution is 2.38. The van der Waals surface area contributed by atoms with Crippen molar-refractivity contribution in [1.82, 2.24) is 4.90 Å². The number of hydrogen-bond acceptors (Lipinski definition) is 3. The first-order valence-corrected chi connectivity index (χ1v) is 12.8. The van der Waals surface area contributed by atoms with E-state index in [1.54, 1.807) is 19.2 Å². The molecule has 0 amide bonds. The fourth-order valence-corrected chi connectivity index (χ4v) is 5.34. The van der Waals surface area contributed by atoms with E-state index in [-0.39, 0.29) is 11.7 Å². The number of piperidine rings is 1. The number of rotatable bonds is 8. The zero-order valence-corrected chi connectivity index (χ0v) is 20.5. The summed E-state index contributed by atoms with van der Waals surface area (Å²) in [6.45, 7) is 4.11. The number of fused-ring (bicyclic) bond motifs is 1. The van der Waals surface area contributed by atoms with E-state index in [4.69, 9.17) is 9.47 Å². The number of likely N-dealkylation sites (tertiary alicyclic amines) is 1. The van der Waals surface area contributed by atoms with Crippen molar-refractivity contribution >= 4 is 11.6 Å². The lowest BCUT2D eigenvalue weighted by molar-refractivity contribution is 0.183. The highest BCUT2D eigenvalue weighted by Gasteiger charge is 2.24. The Morgan fingerprint density at radius 2 is 1.71 bits per heavy atom. The first-order valence-electron chi connectivity index (χ1n) is 12.8. The largest absolute Gasteiger partial charge is 0.497 e. The van der Waals surface area contributed by atoms with Crippen LogP contribution in [0.2, 0.25) is 0 Å². The van der Waals surface area contributed by atoms with Gasteiger partial charge in [0, 0.05) is 6.54 Å². The molecule has 0 spiro atoms. The fourth-order valence-electron chi connectivity index (χ4n) is 5.34. The second kappa shape index (κ2) is 11.1. The molecule has 1 aliphatic carbocycles. The minimum Gasteiger partial charge on any atom is -0.497 e. The Kier molecular flexibility index (Phi) is 7.48. The van der Waals surface area contributed by atoms with E-state index in [2.05, 4.69) is 47.4 Å². The smallest absolute Gasteiger partial charge is 0.123 e. The topological polar surface area (TPSA) is 21.7 Å². The summed E-state index contributed by atoms with van der Waals surface area (Å²) in [6.07, 6.45) is 7.96. The predicted octanol–water partition coefficient (Wildman–Crippen LogP) is 6.65. The van der Waals surface area contributed by atoms with Gasteiger partial charge in [0.15, 0.2) is 0 Å². The van der Waals surface area contributed by atoms with Gasteiger partial charge in [-0.2, -0.15) is 0 Å². The zero-order chi connectivity index (χ0) is 24.0. The van der Waals surface area contributed by atoms with Crippen molar-refractivity contribution in [3.05, 3.63) is 94.8 Å². The van der Waals surface area contributed by atoms with Crippen LogP contribution in [-0.4, -0.2) is 38.3 Å². The van der Waals surface area contributed by atoms with Crippen LogP contribution in [0.25, 0.3) is 11.6 Å². The monoisotopic (exact) mass is 471 g/mol. The average Bonchev–Trinajstić information content (AvgIpc) is 2.89. The van der Waals surface area contributed by atoms with Gasteiger partial charge in [0.2, 0.25) is 0 Å². The Bertz CT molecular complexity index is 1160. The van der Waals surface area contributed by atoms with Crippen LogP contribution in [0.1, 0.15) is 41.5 Å². The second-order valence-corrected chi connectivity index (χ2v) is 9.67. The lowest BCUT2D eigenvalue weighted by Gasteiger charge is -2.27. The Morgan fingerprint density at radius 3 is 2.49 bits per heavy atom. The summed E-state index contributed by atoms with van der Waals surface area (Å²) in [5, 5.41) is 0. The molecule has 3 aromatic rings. The molecule has 2 aliphatic rings. The van der Waals surface area contributed by atoms with Crippen molar-refractivity contribution < 1.29 is 13.9 Å². The molecule has 35 heavy (non-hydrogen) atoms. The molecule has 3 aromatic carbocycles. The molecule has 1 fully saturated rings. The van der Waals surface area contributed by atoms with Crippen molar-refractivity contribution in [2.75, 3.05) is 33.4 Å². The first-order chi connectivity index (χ1) is 17.2. The SMILES string of the molecule is COc1ccc2c(c1)CC(Cc1ccc(OCCN3CCCCC3)cc1)C(c1cccc(F)c1)=C2. The predicted molar refractivity (Wildman–Crippen MR) is 140 cm³/mol. The third-order valence-electron chi connectivity index (χ3n) is 7.26. The standard InChI is InChI=1S/C31H34FNO2/c1-34-30-13-10-24-22-31(25-6-5-7-28(32)20-25)27(19-26(24)21-30)18-23-8-11-29(12-9-23)35-17-16-33-14-3-2-4-15-33/h5-13,20-22,27H,2-4,14-19H2,1H3. The lowest BCUT2D eigenvalue weighted by Crippen LogP contribution is -2.33. The molecule has 4 heteroatoms. The van der Waals surface area contributed by atoms with Gasteiger partial charge in [-0.25, -0.2) is 4.39 Å². The molecule has 0 radical (unpaired) electrons. The van der Waals surface area contributed by atoms with Crippen LogP contribution < -0.4 is 9.47 Å². The summed E-state index contributed by atoms with van der Waals surface area (Å²) < 4.78 is 25.6. The van der Waals surface area contributed by atoms with Gasteiger partial charge in [-0.05, 0) is 109 Å². The third kappa shape index (κ3) is 5.94. The molecule has 0 saturated carbocycles. The van der Waals surface area contributed by atoms with Gasteiger partial charge in [0.25, 0.3) is 0 Å². The zero-order valence-electron chi connectivity index (χ0n) is 20.5. The van der Waals surface area contributed by atoms with E-state index in [1.165, 1.54) is 60.7 Å². The summed E-state index contributed by atoms with van der Waals surface area (Å²) in [6, 6.07) is 21.7. The maximum absolute atomic E-state index is 14.1. The van der Waals surface area contributed by atoms with Gasteiger partial charge < -0.3 is 9.47 Å². The average molecular weight is 472 g/mol. The molecular weight excluding hydrogens is 437 g/mol. The van der Waals surface area contributed by atoms with Gasteiger partial charge in [-0.1, -0.05) is 42.8 Å².